The molecule has 32 heavy (non-hydrogen) atoms. The Labute approximate surface area is 179 Å². The number of hydrogen-bond donors (Lipinski definition) is 0. The van der Waals surface area contributed by atoms with E-state index in [1.807, 2.05) is 0 Å². The van der Waals surface area contributed by atoms with Crippen molar-refractivity contribution < 1.29 is 22.7 Å². The Balaban J connectivity index is 2.16. The maximum absolute atomic E-state index is 13.4. The number of para-hydroxylation sites is 1. The Morgan fingerprint density at radius 2 is 1.81 bits per heavy atom. The van der Waals surface area contributed by atoms with Crippen LogP contribution in [-0.2, 0) is 24.4 Å². The maximum Gasteiger partial charge on any atom is 0.433 e. The van der Waals surface area contributed by atoms with Crippen LogP contribution in [0.3, 0.4) is 0 Å². The minimum atomic E-state index is -4.73. The number of aryl methyl sites for hydroxylation is 1. The van der Waals surface area contributed by atoms with Crippen LogP contribution in [0.5, 0.6) is 0 Å². The van der Waals surface area contributed by atoms with Gasteiger partial charge in [0.25, 0.3) is 0 Å². The van der Waals surface area contributed by atoms with Gasteiger partial charge in [-0.2, -0.15) is 18.3 Å². The number of benzene rings is 1. The molecule has 10 heteroatoms. The normalized spacial score (nSPS) is 11.7. The molecule has 0 aliphatic heterocycles. The number of methoxy groups -OCH3 is 1. The molecule has 164 valence electrons. The average Bonchev–Trinajstić information content (AvgIpc) is 3.18. The van der Waals surface area contributed by atoms with Crippen LogP contribution in [0.2, 0.25) is 0 Å². The van der Waals surface area contributed by atoms with E-state index >= 15 is 0 Å². The highest BCUT2D eigenvalue weighted by Crippen LogP contribution is 2.30. The fourth-order valence-electron chi connectivity index (χ4n) is 3.52. The van der Waals surface area contributed by atoms with E-state index in [9.17, 15) is 22.8 Å². The molecule has 0 amide bonds. The molecule has 0 bridgehead atoms. The molecule has 0 N–H and O–H groups in total. The van der Waals surface area contributed by atoms with Gasteiger partial charge in [0.1, 0.15) is 17.0 Å². The van der Waals surface area contributed by atoms with Gasteiger partial charge in [-0.25, -0.2) is 9.78 Å². The summed E-state index contributed by atoms with van der Waals surface area (Å²) >= 11 is 0. The standard InChI is InChI=1S/C22H17F3N4O3/c1-28-14(10-11-26-28)12-16-18(21(31)32-2)29(13-6-4-3-5-7-13)20-15(19(16)30)8-9-17(27-20)22(23,24)25/h3-11H,12H2,1-2H3. The third-order valence-electron chi connectivity index (χ3n) is 5.08. The molecule has 0 fully saturated rings. The number of esters is 1. The van der Waals surface area contributed by atoms with Gasteiger partial charge in [-0.05, 0) is 30.3 Å². The summed E-state index contributed by atoms with van der Waals surface area (Å²) in [6, 6.07) is 11.8. The van der Waals surface area contributed by atoms with E-state index in [-0.39, 0.29) is 28.7 Å². The summed E-state index contributed by atoms with van der Waals surface area (Å²) in [5.74, 6) is -0.871. The molecule has 0 saturated carbocycles. The lowest BCUT2D eigenvalue weighted by Gasteiger charge is -2.19. The zero-order chi connectivity index (χ0) is 23.0. The van der Waals surface area contributed by atoms with E-state index in [1.54, 1.807) is 54.3 Å². The van der Waals surface area contributed by atoms with Crippen molar-refractivity contribution in [3.63, 3.8) is 0 Å². The van der Waals surface area contributed by atoms with Crippen molar-refractivity contribution in [3.8, 4) is 5.69 Å². The number of halogens is 3. The van der Waals surface area contributed by atoms with E-state index in [1.165, 1.54) is 4.57 Å². The zero-order valence-corrected chi connectivity index (χ0v) is 17.1. The van der Waals surface area contributed by atoms with Gasteiger partial charge in [0.15, 0.2) is 5.43 Å². The van der Waals surface area contributed by atoms with E-state index in [4.69, 9.17) is 4.74 Å². The number of nitrogens with zero attached hydrogens (tertiary/aromatic N) is 4. The fourth-order valence-corrected chi connectivity index (χ4v) is 3.52. The number of aromatic nitrogens is 4. The van der Waals surface area contributed by atoms with Crippen molar-refractivity contribution in [2.75, 3.05) is 7.11 Å². The molecule has 3 aromatic heterocycles. The number of carbonyl (C=O) groups excluding carboxylic acids is 1. The fraction of sp³-hybridized carbons (Fsp3) is 0.182. The number of pyridine rings is 2. The SMILES string of the molecule is COC(=O)c1c(Cc2ccnn2C)c(=O)c2ccc(C(F)(F)F)nc2n1-c1ccccc1. The number of hydrogen-bond acceptors (Lipinski definition) is 5. The van der Waals surface area contributed by atoms with Crippen molar-refractivity contribution in [2.24, 2.45) is 7.05 Å². The molecule has 0 aliphatic rings. The van der Waals surface area contributed by atoms with Crippen LogP contribution in [0.1, 0.15) is 27.4 Å². The summed E-state index contributed by atoms with van der Waals surface area (Å²) in [5.41, 5.74) is -1.20. The van der Waals surface area contributed by atoms with Crippen molar-refractivity contribution in [2.45, 2.75) is 12.6 Å². The molecule has 4 aromatic rings. The van der Waals surface area contributed by atoms with E-state index in [0.717, 1.165) is 19.2 Å². The molecular weight excluding hydrogens is 425 g/mol. The molecule has 0 aliphatic carbocycles. The van der Waals surface area contributed by atoms with Gasteiger partial charge in [0.2, 0.25) is 0 Å². The maximum atomic E-state index is 13.4. The number of carbonyl (C=O) groups is 1. The van der Waals surface area contributed by atoms with Gasteiger partial charge in [-0.15, -0.1) is 0 Å². The van der Waals surface area contributed by atoms with Crippen LogP contribution in [0.15, 0.2) is 59.5 Å². The Bertz CT molecular complexity index is 1380. The van der Waals surface area contributed by atoms with Crippen LogP contribution in [0, 0.1) is 0 Å². The number of rotatable bonds is 4. The summed E-state index contributed by atoms with van der Waals surface area (Å²) in [5, 5.41) is 4.02. The van der Waals surface area contributed by atoms with Gasteiger partial charge >= 0.3 is 12.1 Å². The average molecular weight is 442 g/mol. The molecule has 0 unspecified atom stereocenters. The van der Waals surface area contributed by atoms with Crippen molar-refractivity contribution in [3.05, 3.63) is 87.6 Å². The first-order valence-electron chi connectivity index (χ1n) is 9.49. The lowest BCUT2D eigenvalue weighted by molar-refractivity contribution is -0.141. The van der Waals surface area contributed by atoms with Gasteiger partial charge in [0, 0.05) is 36.6 Å². The summed E-state index contributed by atoms with van der Waals surface area (Å²) in [4.78, 5) is 30.0. The first-order valence-corrected chi connectivity index (χ1v) is 9.49. The largest absolute Gasteiger partial charge is 0.464 e. The second kappa shape index (κ2) is 7.95. The molecular formula is C22H17F3N4O3. The summed E-state index contributed by atoms with van der Waals surface area (Å²) < 4.78 is 47.9. The minimum absolute atomic E-state index is 0.0174. The summed E-state index contributed by atoms with van der Waals surface area (Å²) in [6.45, 7) is 0. The molecule has 7 nitrogen and oxygen atoms in total. The lowest BCUT2D eigenvalue weighted by atomic mass is 10.0. The highest BCUT2D eigenvalue weighted by Gasteiger charge is 2.34. The second-order valence-corrected chi connectivity index (χ2v) is 7.01. The zero-order valence-electron chi connectivity index (χ0n) is 17.1. The van der Waals surface area contributed by atoms with Crippen molar-refractivity contribution in [1.82, 2.24) is 19.3 Å². The predicted octanol–water partition coefficient (Wildman–Crippen LogP) is 3.52. The van der Waals surface area contributed by atoms with E-state index in [2.05, 4.69) is 10.1 Å². The van der Waals surface area contributed by atoms with E-state index in [0.29, 0.717) is 11.4 Å². The highest BCUT2D eigenvalue weighted by atomic mass is 19.4. The predicted molar refractivity (Wildman–Crippen MR) is 110 cm³/mol. The first-order chi connectivity index (χ1) is 15.2. The molecule has 4 rings (SSSR count). The number of ether oxygens (including phenoxy) is 1. The molecule has 1 aromatic carbocycles. The van der Waals surface area contributed by atoms with Crippen LogP contribution < -0.4 is 5.43 Å². The third-order valence-corrected chi connectivity index (χ3v) is 5.08. The summed E-state index contributed by atoms with van der Waals surface area (Å²) in [6.07, 6.45) is -3.17. The monoisotopic (exact) mass is 442 g/mol. The Morgan fingerprint density at radius 3 is 2.41 bits per heavy atom. The molecule has 0 saturated heterocycles. The Morgan fingerprint density at radius 1 is 1.09 bits per heavy atom. The molecule has 0 radical (unpaired) electrons. The minimum Gasteiger partial charge on any atom is -0.464 e. The molecule has 0 spiro atoms. The van der Waals surface area contributed by atoms with Crippen LogP contribution in [0.4, 0.5) is 13.2 Å². The topological polar surface area (TPSA) is 79.0 Å². The number of fused-ring (bicyclic) bond motifs is 1. The Hall–Kier alpha value is -3.95. The quantitative estimate of drug-likeness (QED) is 0.452. The van der Waals surface area contributed by atoms with Crippen molar-refractivity contribution in [1.29, 1.82) is 0 Å². The highest BCUT2D eigenvalue weighted by molar-refractivity contribution is 5.94. The van der Waals surface area contributed by atoms with Crippen molar-refractivity contribution >= 4 is 17.0 Å². The van der Waals surface area contributed by atoms with Gasteiger partial charge in [0.05, 0.1) is 12.5 Å². The second-order valence-electron chi connectivity index (χ2n) is 7.01. The van der Waals surface area contributed by atoms with Gasteiger partial charge in [-0.1, -0.05) is 18.2 Å². The molecule has 3 heterocycles. The first kappa shape index (κ1) is 21.3. The smallest absolute Gasteiger partial charge is 0.433 e. The third kappa shape index (κ3) is 3.64. The van der Waals surface area contributed by atoms with Gasteiger partial charge in [-0.3, -0.25) is 14.0 Å². The van der Waals surface area contributed by atoms with Crippen LogP contribution in [0.25, 0.3) is 16.7 Å². The lowest BCUT2D eigenvalue weighted by Crippen LogP contribution is -2.26. The van der Waals surface area contributed by atoms with Crippen LogP contribution >= 0.6 is 0 Å². The van der Waals surface area contributed by atoms with E-state index < -0.39 is 23.3 Å². The molecule has 0 atom stereocenters. The number of alkyl halides is 3. The summed E-state index contributed by atoms with van der Waals surface area (Å²) in [7, 11) is 2.82. The van der Waals surface area contributed by atoms with Gasteiger partial charge < -0.3 is 4.74 Å². The van der Waals surface area contributed by atoms with Crippen LogP contribution in [-0.4, -0.2) is 32.4 Å². The Kier molecular flexibility index (Phi) is 5.29.